The zero-order valence-electron chi connectivity index (χ0n) is 14.6. The van der Waals surface area contributed by atoms with E-state index in [-0.39, 0.29) is 12.5 Å². The normalized spacial score (nSPS) is 11.0. The number of nitrogens with zero attached hydrogens (tertiary/aromatic N) is 3. The molecule has 1 N–H and O–H groups in total. The molecular weight excluding hydrogens is 408 g/mol. The number of para-hydroxylation sites is 1. The van der Waals surface area contributed by atoms with Crippen LogP contribution in [0.1, 0.15) is 12.8 Å². The van der Waals surface area contributed by atoms with E-state index in [9.17, 15) is 4.79 Å². The van der Waals surface area contributed by atoms with Gasteiger partial charge in [-0.25, -0.2) is 0 Å². The van der Waals surface area contributed by atoms with Gasteiger partial charge in [-0.05, 0) is 36.4 Å². The van der Waals surface area contributed by atoms with Gasteiger partial charge >= 0.3 is 0 Å². The van der Waals surface area contributed by atoms with Crippen molar-refractivity contribution < 1.29 is 9.21 Å². The highest BCUT2D eigenvalue weighted by molar-refractivity contribution is 9.10. The summed E-state index contributed by atoms with van der Waals surface area (Å²) in [5.41, 5.74) is 2.41. The summed E-state index contributed by atoms with van der Waals surface area (Å²) in [6.45, 7) is 2.10. The van der Waals surface area contributed by atoms with Crippen molar-refractivity contribution in [3.63, 3.8) is 0 Å². The maximum Gasteiger partial charge on any atom is 0.264 e. The largest absolute Gasteiger partial charge is 0.419 e. The highest BCUT2D eigenvalue weighted by Gasteiger charge is 2.18. The molecule has 0 aliphatic rings. The van der Waals surface area contributed by atoms with Crippen molar-refractivity contribution in [1.82, 2.24) is 14.8 Å². The van der Waals surface area contributed by atoms with Crippen LogP contribution in [0.25, 0.3) is 22.5 Å². The second-order valence-electron chi connectivity index (χ2n) is 6.08. The lowest BCUT2D eigenvalue weighted by Crippen LogP contribution is -2.19. The average Bonchev–Trinajstić information content (AvgIpc) is 3.28. The minimum Gasteiger partial charge on any atom is -0.419 e. The molecule has 4 aromatic rings. The van der Waals surface area contributed by atoms with Crippen molar-refractivity contribution in [2.24, 2.45) is 0 Å². The van der Waals surface area contributed by atoms with Crippen molar-refractivity contribution in [3.8, 4) is 11.6 Å². The van der Waals surface area contributed by atoms with Crippen LogP contribution in [-0.4, -0.2) is 20.7 Å². The molecule has 2 aromatic carbocycles. The lowest BCUT2D eigenvalue weighted by Gasteiger charge is -2.10. The summed E-state index contributed by atoms with van der Waals surface area (Å²) in [7, 11) is 0. The number of amides is 1. The van der Waals surface area contributed by atoms with Crippen LogP contribution in [0.3, 0.4) is 0 Å². The van der Waals surface area contributed by atoms with Crippen LogP contribution in [-0.2, 0) is 17.8 Å². The molecule has 0 saturated carbocycles. The van der Waals surface area contributed by atoms with Gasteiger partial charge in [0.05, 0.1) is 0 Å². The Bertz CT molecular complexity index is 1100. The van der Waals surface area contributed by atoms with Crippen LogP contribution in [0.2, 0.25) is 0 Å². The van der Waals surface area contributed by atoms with Crippen LogP contribution in [0.5, 0.6) is 0 Å². The summed E-state index contributed by atoms with van der Waals surface area (Å²) in [6.07, 6.45) is 0.664. The number of hydrogen-bond acceptors (Lipinski definition) is 4. The number of hydrogen-bond donors (Lipinski definition) is 1. The predicted octanol–water partition coefficient (Wildman–Crippen LogP) is 4.65. The van der Waals surface area contributed by atoms with E-state index >= 15 is 0 Å². The smallest absolute Gasteiger partial charge is 0.264 e. The Morgan fingerprint density at radius 2 is 1.93 bits per heavy atom. The first kappa shape index (κ1) is 17.5. The van der Waals surface area contributed by atoms with Gasteiger partial charge in [0.2, 0.25) is 11.8 Å². The number of fused-ring (bicyclic) bond motifs is 1. The number of halogens is 1. The number of aryl methyl sites for hydroxylation is 1. The van der Waals surface area contributed by atoms with Crippen LogP contribution in [0.4, 0.5) is 5.69 Å². The maximum atomic E-state index is 12.6. The minimum absolute atomic E-state index is 0.129. The molecule has 7 heteroatoms. The Labute approximate surface area is 164 Å². The molecule has 6 nitrogen and oxygen atoms in total. The van der Waals surface area contributed by atoms with Crippen molar-refractivity contribution in [1.29, 1.82) is 0 Å². The highest BCUT2D eigenvalue weighted by Crippen LogP contribution is 2.27. The van der Waals surface area contributed by atoms with Crippen molar-refractivity contribution >= 4 is 38.4 Å². The first-order valence-corrected chi connectivity index (χ1v) is 9.40. The number of carbonyl (C=O) groups is 1. The quantitative estimate of drug-likeness (QED) is 0.505. The van der Waals surface area contributed by atoms with Crippen molar-refractivity contribution in [2.75, 3.05) is 5.32 Å². The van der Waals surface area contributed by atoms with Crippen LogP contribution >= 0.6 is 15.9 Å². The number of benzene rings is 2. The van der Waals surface area contributed by atoms with E-state index in [0.29, 0.717) is 18.2 Å². The fraction of sp³-hybridized carbons (Fsp3) is 0.150. The third-order valence-corrected chi connectivity index (χ3v) is 4.76. The highest BCUT2D eigenvalue weighted by atomic mass is 79.9. The lowest BCUT2D eigenvalue weighted by molar-refractivity contribution is -0.116. The summed E-state index contributed by atoms with van der Waals surface area (Å²) in [5.74, 6) is 0.857. The zero-order valence-corrected chi connectivity index (χ0v) is 16.2. The number of anilines is 1. The minimum atomic E-state index is -0.129. The van der Waals surface area contributed by atoms with Gasteiger partial charge in [-0.15, -0.1) is 10.2 Å². The van der Waals surface area contributed by atoms with E-state index in [4.69, 9.17) is 4.42 Å². The topological polar surface area (TPSA) is 73.0 Å². The van der Waals surface area contributed by atoms with Crippen molar-refractivity contribution in [3.05, 3.63) is 65.0 Å². The van der Waals surface area contributed by atoms with E-state index in [1.807, 2.05) is 66.1 Å². The summed E-state index contributed by atoms with van der Waals surface area (Å²) in [4.78, 5) is 12.6. The first-order valence-electron chi connectivity index (χ1n) is 8.60. The molecule has 27 heavy (non-hydrogen) atoms. The first-order chi connectivity index (χ1) is 13.1. The predicted molar refractivity (Wildman–Crippen MR) is 107 cm³/mol. The molecule has 0 unspecified atom stereocenters. The third kappa shape index (κ3) is 3.64. The van der Waals surface area contributed by atoms with E-state index in [1.54, 1.807) is 0 Å². The molecule has 2 aromatic heterocycles. The van der Waals surface area contributed by atoms with Crippen LogP contribution in [0.15, 0.2) is 63.5 Å². The molecule has 2 heterocycles. The van der Waals surface area contributed by atoms with Crippen LogP contribution < -0.4 is 5.32 Å². The van der Waals surface area contributed by atoms with Gasteiger partial charge in [0.15, 0.2) is 0 Å². The second kappa shape index (κ2) is 7.36. The monoisotopic (exact) mass is 424 g/mol. The van der Waals surface area contributed by atoms with Gasteiger partial charge in [-0.2, -0.15) is 0 Å². The Morgan fingerprint density at radius 1 is 1.15 bits per heavy atom. The molecule has 0 fully saturated rings. The van der Waals surface area contributed by atoms with Gasteiger partial charge in [-0.3, -0.25) is 4.79 Å². The molecule has 0 saturated heterocycles. The molecule has 136 valence electrons. The number of aromatic nitrogens is 3. The fourth-order valence-corrected chi connectivity index (χ4v) is 3.20. The number of nitrogens with one attached hydrogen (secondary N) is 1. The van der Waals surface area contributed by atoms with Gasteiger partial charge in [0.25, 0.3) is 5.89 Å². The molecule has 0 bridgehead atoms. The second-order valence-corrected chi connectivity index (χ2v) is 7.00. The molecule has 0 radical (unpaired) electrons. The van der Waals surface area contributed by atoms with Gasteiger partial charge in [-0.1, -0.05) is 41.1 Å². The van der Waals surface area contributed by atoms with Gasteiger partial charge in [0.1, 0.15) is 12.2 Å². The third-order valence-electron chi connectivity index (χ3n) is 4.23. The Hall–Kier alpha value is -2.93. The van der Waals surface area contributed by atoms with Gasteiger partial charge < -0.3 is 14.3 Å². The van der Waals surface area contributed by atoms with Gasteiger partial charge in [0, 0.05) is 27.5 Å². The van der Waals surface area contributed by atoms with E-state index < -0.39 is 0 Å². The molecule has 0 aliphatic carbocycles. The van der Waals surface area contributed by atoms with E-state index in [1.165, 1.54) is 0 Å². The SMILES string of the molecule is CCc1nnc(-c2cc3ccccc3n2CC(=O)Nc2ccc(Br)cc2)o1. The fourth-order valence-electron chi connectivity index (χ4n) is 2.94. The number of rotatable bonds is 5. The Balaban J connectivity index is 1.68. The maximum absolute atomic E-state index is 12.6. The summed E-state index contributed by atoms with van der Waals surface area (Å²) in [5, 5.41) is 12.1. The Kier molecular flexibility index (Phi) is 4.77. The summed E-state index contributed by atoms with van der Waals surface area (Å²) in [6, 6.07) is 17.3. The van der Waals surface area contributed by atoms with Crippen molar-refractivity contribution in [2.45, 2.75) is 19.9 Å². The average molecular weight is 425 g/mol. The molecule has 1 amide bonds. The lowest BCUT2D eigenvalue weighted by atomic mass is 10.2. The van der Waals surface area contributed by atoms with Crippen LogP contribution in [0, 0.1) is 0 Å². The molecule has 4 rings (SSSR count). The van der Waals surface area contributed by atoms with E-state index in [0.717, 1.165) is 26.8 Å². The molecular formula is C20H17BrN4O2. The molecule has 0 spiro atoms. The standard InChI is InChI=1S/C20H17BrN4O2/c1-2-19-23-24-20(27-19)17-11-13-5-3-4-6-16(13)25(17)12-18(26)22-15-9-7-14(21)8-10-15/h3-11H,2,12H2,1H3,(H,22,26). The summed E-state index contributed by atoms with van der Waals surface area (Å²) < 4.78 is 8.58. The molecule has 0 aliphatic heterocycles. The number of carbonyl (C=O) groups excluding carboxylic acids is 1. The summed E-state index contributed by atoms with van der Waals surface area (Å²) >= 11 is 3.39. The Morgan fingerprint density at radius 3 is 2.67 bits per heavy atom. The zero-order chi connectivity index (χ0) is 18.8. The van der Waals surface area contributed by atoms with E-state index in [2.05, 4.69) is 31.4 Å². The molecule has 0 atom stereocenters.